The molecular weight excluding hydrogens is 287 g/mol. The Kier molecular flexibility index (Phi) is 4.63. The van der Waals surface area contributed by atoms with E-state index in [9.17, 15) is 19.3 Å². The minimum absolute atomic E-state index is 0.0628. The first-order valence-corrected chi connectivity index (χ1v) is 6.45. The summed E-state index contributed by atoms with van der Waals surface area (Å²) >= 11 is 0. The Hall–Kier alpha value is -3.02. The Morgan fingerprint density at radius 1 is 1.27 bits per heavy atom. The van der Waals surface area contributed by atoms with E-state index in [2.05, 4.69) is 5.32 Å². The summed E-state index contributed by atoms with van der Waals surface area (Å²) in [5, 5.41) is 13.1. The summed E-state index contributed by atoms with van der Waals surface area (Å²) in [5.74, 6) is -1.04. The van der Waals surface area contributed by atoms with E-state index in [0.717, 1.165) is 5.56 Å². The molecule has 0 aliphatic carbocycles. The Morgan fingerprint density at radius 2 is 2.05 bits per heavy atom. The molecule has 0 bridgehead atoms. The average molecular weight is 300 g/mol. The van der Waals surface area contributed by atoms with Crippen LogP contribution in [0.2, 0.25) is 0 Å². The summed E-state index contributed by atoms with van der Waals surface area (Å²) in [5.41, 5.74) is 1.28. The van der Waals surface area contributed by atoms with Gasteiger partial charge in [0.15, 0.2) is 0 Å². The van der Waals surface area contributed by atoms with Crippen LogP contribution in [0.1, 0.15) is 11.1 Å². The fourth-order valence-electron chi connectivity index (χ4n) is 1.81. The molecular formula is C16H13FN2O3. The van der Waals surface area contributed by atoms with Crippen molar-refractivity contribution in [2.45, 2.75) is 6.92 Å². The lowest BCUT2D eigenvalue weighted by atomic mass is 10.2. The number of nitro groups is 1. The van der Waals surface area contributed by atoms with Crippen LogP contribution in [0.5, 0.6) is 0 Å². The van der Waals surface area contributed by atoms with Gasteiger partial charge in [-0.2, -0.15) is 0 Å². The number of aryl methyl sites for hydroxylation is 1. The summed E-state index contributed by atoms with van der Waals surface area (Å²) in [7, 11) is 0. The van der Waals surface area contributed by atoms with Crippen molar-refractivity contribution in [3.8, 4) is 0 Å². The fourth-order valence-corrected chi connectivity index (χ4v) is 1.81. The molecule has 0 fully saturated rings. The van der Waals surface area contributed by atoms with E-state index in [4.69, 9.17) is 0 Å². The summed E-state index contributed by atoms with van der Waals surface area (Å²) in [6, 6.07) is 10.3. The number of nitrogens with zero attached hydrogens (tertiary/aromatic N) is 1. The van der Waals surface area contributed by atoms with Crippen LogP contribution in [0, 0.1) is 22.9 Å². The minimum atomic E-state index is -0.519. The Morgan fingerprint density at radius 3 is 2.73 bits per heavy atom. The highest BCUT2D eigenvalue weighted by molar-refractivity contribution is 6.02. The molecule has 0 aromatic heterocycles. The predicted molar refractivity (Wildman–Crippen MR) is 81.9 cm³/mol. The number of halogens is 1. The average Bonchev–Trinajstić information content (AvgIpc) is 2.48. The number of carbonyl (C=O) groups is 1. The molecule has 0 unspecified atom stereocenters. The van der Waals surface area contributed by atoms with E-state index in [0.29, 0.717) is 5.56 Å². The van der Waals surface area contributed by atoms with Gasteiger partial charge in [0.05, 0.1) is 10.6 Å². The van der Waals surface area contributed by atoms with Crippen LogP contribution < -0.4 is 5.32 Å². The second-order valence-electron chi connectivity index (χ2n) is 4.66. The topological polar surface area (TPSA) is 72.2 Å². The molecule has 0 saturated carbocycles. The zero-order chi connectivity index (χ0) is 16.1. The van der Waals surface area contributed by atoms with Crippen LogP contribution in [-0.2, 0) is 4.79 Å². The largest absolute Gasteiger partial charge is 0.320 e. The number of nitrogens with one attached hydrogen (secondary N) is 1. The molecule has 0 saturated heterocycles. The zero-order valence-electron chi connectivity index (χ0n) is 11.7. The number of hydrogen-bond acceptors (Lipinski definition) is 3. The van der Waals surface area contributed by atoms with Gasteiger partial charge >= 0.3 is 0 Å². The smallest absolute Gasteiger partial charge is 0.270 e. The molecule has 1 N–H and O–H groups in total. The van der Waals surface area contributed by atoms with Gasteiger partial charge < -0.3 is 5.32 Å². The van der Waals surface area contributed by atoms with Gasteiger partial charge in [0.2, 0.25) is 5.91 Å². The number of hydrogen-bond donors (Lipinski definition) is 1. The zero-order valence-corrected chi connectivity index (χ0v) is 11.7. The summed E-state index contributed by atoms with van der Waals surface area (Å²) in [6.45, 7) is 1.75. The van der Waals surface area contributed by atoms with E-state index in [1.54, 1.807) is 19.1 Å². The SMILES string of the molecule is Cc1ccc(NC(=O)/C=C/c2cccc([N+](=O)[O-])c2)c(F)c1. The van der Waals surface area contributed by atoms with Gasteiger partial charge in [-0.3, -0.25) is 14.9 Å². The van der Waals surface area contributed by atoms with Crippen molar-refractivity contribution in [1.82, 2.24) is 0 Å². The van der Waals surface area contributed by atoms with Crippen LogP contribution >= 0.6 is 0 Å². The minimum Gasteiger partial charge on any atom is -0.320 e. The molecule has 2 aromatic carbocycles. The van der Waals surface area contributed by atoms with Gasteiger partial charge in [0.25, 0.3) is 5.69 Å². The molecule has 0 spiro atoms. The lowest BCUT2D eigenvalue weighted by molar-refractivity contribution is -0.384. The maximum Gasteiger partial charge on any atom is 0.270 e. The van der Waals surface area contributed by atoms with Crippen LogP contribution in [0.15, 0.2) is 48.5 Å². The Labute approximate surface area is 126 Å². The normalized spacial score (nSPS) is 10.6. The standard InChI is InChI=1S/C16H13FN2O3/c1-11-5-7-15(14(17)9-11)18-16(20)8-6-12-3-2-4-13(10-12)19(21)22/h2-10H,1H3,(H,18,20)/b8-6+. The predicted octanol–water partition coefficient (Wildman–Crippen LogP) is 3.69. The Bertz CT molecular complexity index is 757. The van der Waals surface area contributed by atoms with E-state index in [-0.39, 0.29) is 11.4 Å². The highest BCUT2D eigenvalue weighted by Gasteiger charge is 2.06. The lowest BCUT2D eigenvalue weighted by Crippen LogP contribution is -2.09. The van der Waals surface area contributed by atoms with Crippen LogP contribution in [0.4, 0.5) is 15.8 Å². The van der Waals surface area contributed by atoms with Crippen molar-refractivity contribution in [3.05, 3.63) is 75.6 Å². The maximum atomic E-state index is 13.6. The summed E-state index contributed by atoms with van der Waals surface area (Å²) < 4.78 is 13.6. The highest BCUT2D eigenvalue weighted by atomic mass is 19.1. The second kappa shape index (κ2) is 6.62. The van der Waals surface area contributed by atoms with Crippen LogP contribution in [0.3, 0.4) is 0 Å². The molecule has 0 aliphatic rings. The molecule has 0 aliphatic heterocycles. The number of amides is 1. The number of nitro benzene ring substituents is 1. The summed E-state index contributed by atoms with van der Waals surface area (Å²) in [4.78, 5) is 21.9. The van der Waals surface area contributed by atoms with Crippen molar-refractivity contribution >= 4 is 23.4 Å². The third-order valence-electron chi connectivity index (χ3n) is 2.89. The van der Waals surface area contributed by atoms with E-state index < -0.39 is 16.6 Å². The van der Waals surface area contributed by atoms with Gasteiger partial charge in [0.1, 0.15) is 5.82 Å². The number of non-ortho nitro benzene ring substituents is 1. The van der Waals surface area contributed by atoms with Crippen LogP contribution in [0.25, 0.3) is 6.08 Å². The van der Waals surface area contributed by atoms with Crippen molar-refractivity contribution in [1.29, 1.82) is 0 Å². The number of rotatable bonds is 4. The quantitative estimate of drug-likeness (QED) is 0.531. The van der Waals surface area contributed by atoms with Gasteiger partial charge in [-0.1, -0.05) is 18.2 Å². The Balaban J connectivity index is 2.08. The molecule has 6 heteroatoms. The maximum absolute atomic E-state index is 13.6. The van der Waals surface area contributed by atoms with E-state index in [1.807, 2.05) is 0 Å². The molecule has 1 amide bonds. The van der Waals surface area contributed by atoms with Crippen molar-refractivity contribution in [3.63, 3.8) is 0 Å². The van der Waals surface area contributed by atoms with E-state index >= 15 is 0 Å². The van der Waals surface area contributed by atoms with Crippen molar-refractivity contribution in [2.24, 2.45) is 0 Å². The lowest BCUT2D eigenvalue weighted by Gasteiger charge is -2.04. The number of carbonyl (C=O) groups excluding carboxylic acids is 1. The van der Waals surface area contributed by atoms with E-state index in [1.165, 1.54) is 42.5 Å². The first-order valence-electron chi connectivity index (χ1n) is 6.45. The van der Waals surface area contributed by atoms with Gasteiger partial charge in [-0.15, -0.1) is 0 Å². The van der Waals surface area contributed by atoms with Crippen LogP contribution in [-0.4, -0.2) is 10.8 Å². The molecule has 112 valence electrons. The van der Waals surface area contributed by atoms with Gasteiger partial charge in [0, 0.05) is 18.2 Å². The summed E-state index contributed by atoms with van der Waals surface area (Å²) in [6.07, 6.45) is 2.62. The van der Waals surface area contributed by atoms with Crippen molar-refractivity contribution in [2.75, 3.05) is 5.32 Å². The molecule has 2 rings (SSSR count). The first-order chi connectivity index (χ1) is 10.5. The molecule has 0 atom stereocenters. The fraction of sp³-hybridized carbons (Fsp3) is 0.0625. The monoisotopic (exact) mass is 300 g/mol. The highest BCUT2D eigenvalue weighted by Crippen LogP contribution is 2.16. The third-order valence-corrected chi connectivity index (χ3v) is 2.89. The molecule has 0 heterocycles. The second-order valence-corrected chi connectivity index (χ2v) is 4.66. The van der Waals surface area contributed by atoms with Gasteiger partial charge in [-0.25, -0.2) is 4.39 Å². The first kappa shape index (κ1) is 15.4. The molecule has 2 aromatic rings. The molecule has 0 radical (unpaired) electrons. The number of benzene rings is 2. The molecule has 5 nitrogen and oxygen atoms in total. The number of anilines is 1. The van der Waals surface area contributed by atoms with Crippen molar-refractivity contribution < 1.29 is 14.1 Å². The molecule has 22 heavy (non-hydrogen) atoms. The third kappa shape index (κ3) is 3.99. The van der Waals surface area contributed by atoms with Gasteiger partial charge in [-0.05, 0) is 36.3 Å².